The Bertz CT molecular complexity index is 1480. The van der Waals surface area contributed by atoms with Crippen molar-refractivity contribution in [3.05, 3.63) is 70.6 Å². The van der Waals surface area contributed by atoms with Gasteiger partial charge in [-0.1, -0.05) is 17.3 Å². The molecule has 0 saturated carbocycles. The van der Waals surface area contributed by atoms with E-state index in [1.807, 2.05) is 57.3 Å². The van der Waals surface area contributed by atoms with Gasteiger partial charge in [-0.3, -0.25) is 9.20 Å². The van der Waals surface area contributed by atoms with Crippen LogP contribution in [0.25, 0.3) is 27.5 Å². The highest BCUT2D eigenvalue weighted by Crippen LogP contribution is 2.30. The highest BCUT2D eigenvalue weighted by atomic mass is 32.1. The van der Waals surface area contributed by atoms with E-state index >= 15 is 0 Å². The van der Waals surface area contributed by atoms with Crippen LogP contribution in [0.4, 0.5) is 5.69 Å². The van der Waals surface area contributed by atoms with Gasteiger partial charge in [0, 0.05) is 29.9 Å². The summed E-state index contributed by atoms with van der Waals surface area (Å²) in [4.78, 5) is 27.4. The van der Waals surface area contributed by atoms with E-state index in [4.69, 9.17) is 4.52 Å². The van der Waals surface area contributed by atoms with Crippen molar-refractivity contribution in [1.29, 1.82) is 0 Å². The largest absolute Gasteiger partial charge is 0.339 e. The standard InChI is InChI=1S/C23H20N6O2S/c1-12-5-6-16(22-26-14(3)31-28-22)9-18(12)27-23(30)19-10-24-20-8-7-17(11-29(19)20)21-13(2)25-15(4)32-21/h5-11H,1-4H3,(H,27,30). The van der Waals surface area contributed by atoms with Gasteiger partial charge >= 0.3 is 0 Å². The Hall–Kier alpha value is -3.85. The van der Waals surface area contributed by atoms with Crippen LogP contribution in [-0.2, 0) is 0 Å². The molecule has 1 amide bonds. The maximum Gasteiger partial charge on any atom is 0.274 e. The van der Waals surface area contributed by atoms with Crippen LogP contribution in [0.5, 0.6) is 0 Å². The molecule has 0 saturated heterocycles. The molecule has 1 N–H and O–H groups in total. The van der Waals surface area contributed by atoms with Gasteiger partial charge in [0.25, 0.3) is 5.91 Å². The minimum Gasteiger partial charge on any atom is -0.339 e. The minimum atomic E-state index is -0.253. The average molecular weight is 445 g/mol. The van der Waals surface area contributed by atoms with Crippen molar-refractivity contribution in [3.8, 4) is 21.8 Å². The van der Waals surface area contributed by atoms with E-state index in [9.17, 15) is 4.79 Å². The molecular weight excluding hydrogens is 424 g/mol. The fourth-order valence-corrected chi connectivity index (χ4v) is 4.49. The van der Waals surface area contributed by atoms with Crippen LogP contribution in [-0.4, -0.2) is 30.4 Å². The van der Waals surface area contributed by atoms with Gasteiger partial charge in [0.05, 0.1) is 21.8 Å². The van der Waals surface area contributed by atoms with Gasteiger partial charge in [-0.25, -0.2) is 9.97 Å². The third kappa shape index (κ3) is 3.56. The lowest BCUT2D eigenvalue weighted by atomic mass is 10.1. The predicted octanol–water partition coefficient (Wildman–Crippen LogP) is 4.99. The summed E-state index contributed by atoms with van der Waals surface area (Å²) in [7, 11) is 0. The van der Waals surface area contributed by atoms with E-state index in [-0.39, 0.29) is 5.91 Å². The van der Waals surface area contributed by atoms with Crippen molar-refractivity contribution in [2.24, 2.45) is 0 Å². The summed E-state index contributed by atoms with van der Waals surface area (Å²) >= 11 is 1.63. The first-order valence-electron chi connectivity index (χ1n) is 10.0. The zero-order valence-electron chi connectivity index (χ0n) is 18.0. The summed E-state index contributed by atoms with van der Waals surface area (Å²) in [5, 5.41) is 7.97. The maximum atomic E-state index is 13.2. The number of aromatic nitrogens is 5. The molecule has 0 unspecified atom stereocenters. The molecule has 160 valence electrons. The number of benzene rings is 1. The first kappa shape index (κ1) is 20.1. The smallest absolute Gasteiger partial charge is 0.274 e. The van der Waals surface area contributed by atoms with Crippen LogP contribution in [0.15, 0.2) is 47.2 Å². The summed E-state index contributed by atoms with van der Waals surface area (Å²) in [6.07, 6.45) is 3.52. The number of hydrogen-bond donors (Lipinski definition) is 1. The summed E-state index contributed by atoms with van der Waals surface area (Å²) in [5.74, 6) is 0.711. The number of thiazole rings is 1. The van der Waals surface area contributed by atoms with E-state index < -0.39 is 0 Å². The Morgan fingerprint density at radius 3 is 2.59 bits per heavy atom. The molecule has 32 heavy (non-hydrogen) atoms. The molecule has 9 heteroatoms. The minimum absolute atomic E-state index is 0.253. The second-order valence-electron chi connectivity index (χ2n) is 7.56. The molecule has 0 aliphatic carbocycles. The molecule has 0 aliphatic heterocycles. The van der Waals surface area contributed by atoms with E-state index in [1.165, 1.54) is 0 Å². The molecule has 0 bridgehead atoms. The van der Waals surface area contributed by atoms with Crippen LogP contribution in [0.2, 0.25) is 0 Å². The van der Waals surface area contributed by atoms with Gasteiger partial charge in [0.1, 0.15) is 11.3 Å². The number of pyridine rings is 1. The second-order valence-corrected chi connectivity index (χ2v) is 8.76. The monoisotopic (exact) mass is 444 g/mol. The number of aryl methyl sites for hydroxylation is 4. The Morgan fingerprint density at radius 2 is 1.88 bits per heavy atom. The number of nitrogens with zero attached hydrogens (tertiary/aromatic N) is 5. The maximum absolute atomic E-state index is 13.2. The van der Waals surface area contributed by atoms with Gasteiger partial charge in [0.2, 0.25) is 11.7 Å². The lowest BCUT2D eigenvalue weighted by molar-refractivity contribution is 0.102. The number of amides is 1. The molecule has 0 fully saturated rings. The Kier molecular flexibility index (Phi) is 4.82. The first-order valence-corrected chi connectivity index (χ1v) is 10.8. The van der Waals surface area contributed by atoms with Gasteiger partial charge in [-0.05, 0) is 44.5 Å². The fourth-order valence-electron chi connectivity index (χ4n) is 3.58. The van der Waals surface area contributed by atoms with Crippen LogP contribution in [0, 0.1) is 27.7 Å². The lowest BCUT2D eigenvalue weighted by Crippen LogP contribution is -2.15. The van der Waals surface area contributed by atoms with Crippen molar-refractivity contribution in [3.63, 3.8) is 0 Å². The zero-order chi connectivity index (χ0) is 22.4. The summed E-state index contributed by atoms with van der Waals surface area (Å²) in [6, 6.07) is 9.57. The van der Waals surface area contributed by atoms with Crippen molar-refractivity contribution < 1.29 is 9.32 Å². The molecule has 0 atom stereocenters. The van der Waals surface area contributed by atoms with Gasteiger partial charge in [-0.2, -0.15) is 4.98 Å². The van der Waals surface area contributed by atoms with Gasteiger partial charge < -0.3 is 9.84 Å². The molecule has 5 aromatic rings. The number of carbonyl (C=O) groups excluding carboxylic acids is 1. The van der Waals surface area contributed by atoms with E-state index in [2.05, 4.69) is 25.4 Å². The Labute approximate surface area is 188 Å². The topological polar surface area (TPSA) is 98.2 Å². The van der Waals surface area contributed by atoms with Crippen molar-refractivity contribution >= 4 is 28.6 Å². The molecule has 4 heterocycles. The highest BCUT2D eigenvalue weighted by Gasteiger charge is 2.16. The predicted molar refractivity (Wildman–Crippen MR) is 123 cm³/mol. The third-order valence-corrected chi connectivity index (χ3v) is 6.30. The molecule has 5 rings (SSSR count). The number of nitrogens with one attached hydrogen (secondary N) is 1. The quantitative estimate of drug-likeness (QED) is 0.419. The van der Waals surface area contributed by atoms with E-state index in [0.717, 1.165) is 32.3 Å². The number of carbonyl (C=O) groups is 1. The highest BCUT2D eigenvalue weighted by molar-refractivity contribution is 7.15. The number of imidazole rings is 1. The number of fused-ring (bicyclic) bond motifs is 1. The van der Waals surface area contributed by atoms with Crippen molar-refractivity contribution in [1.82, 2.24) is 24.5 Å². The van der Waals surface area contributed by atoms with Gasteiger partial charge in [0.15, 0.2) is 0 Å². The lowest BCUT2D eigenvalue weighted by Gasteiger charge is -2.10. The molecule has 1 aromatic carbocycles. The van der Waals surface area contributed by atoms with E-state index in [1.54, 1.807) is 28.9 Å². The van der Waals surface area contributed by atoms with Crippen LogP contribution < -0.4 is 5.32 Å². The number of rotatable bonds is 4. The van der Waals surface area contributed by atoms with Crippen molar-refractivity contribution in [2.75, 3.05) is 5.32 Å². The zero-order valence-corrected chi connectivity index (χ0v) is 18.8. The fraction of sp³-hybridized carbons (Fsp3) is 0.174. The second kappa shape index (κ2) is 7.69. The summed E-state index contributed by atoms with van der Waals surface area (Å²) in [5.41, 5.74) is 5.48. The molecule has 0 aliphatic rings. The molecule has 4 aromatic heterocycles. The summed E-state index contributed by atoms with van der Waals surface area (Å²) < 4.78 is 6.88. The Morgan fingerprint density at radius 1 is 1.06 bits per heavy atom. The Balaban J connectivity index is 1.49. The first-order chi connectivity index (χ1) is 15.4. The van der Waals surface area contributed by atoms with Crippen LogP contribution >= 0.6 is 11.3 Å². The molecule has 0 radical (unpaired) electrons. The molecule has 8 nitrogen and oxygen atoms in total. The summed E-state index contributed by atoms with van der Waals surface area (Å²) in [6.45, 7) is 7.65. The van der Waals surface area contributed by atoms with E-state index in [0.29, 0.717) is 28.7 Å². The average Bonchev–Trinajstić information content (AvgIpc) is 3.47. The van der Waals surface area contributed by atoms with Gasteiger partial charge in [-0.15, -0.1) is 11.3 Å². The third-order valence-electron chi connectivity index (χ3n) is 5.18. The van der Waals surface area contributed by atoms with Crippen molar-refractivity contribution in [2.45, 2.75) is 27.7 Å². The molecular formula is C23H20N6O2S. The SMILES string of the molecule is Cc1nc(-c2ccc(C)c(NC(=O)c3cnc4ccc(-c5sc(C)nc5C)cn34)c2)no1. The normalized spacial score (nSPS) is 11.2. The molecule has 0 spiro atoms. The van der Waals surface area contributed by atoms with Crippen LogP contribution in [0.3, 0.4) is 0 Å². The van der Waals surface area contributed by atoms with Crippen LogP contribution in [0.1, 0.15) is 32.6 Å². The number of hydrogen-bond acceptors (Lipinski definition) is 7. The number of anilines is 1.